The Balaban J connectivity index is 1.56. The first kappa shape index (κ1) is 34.8. The van der Waals surface area contributed by atoms with Gasteiger partial charge in [0.15, 0.2) is 30.5 Å². The number of nitrogens with one attached hydrogen (secondary N) is 1. The molecule has 3 aromatic rings. The molecule has 1 N–H and O–H groups in total. The molecule has 4 rings (SSSR count). The molecule has 0 unspecified atom stereocenters. The monoisotopic (exact) mass is 704 g/mol. The van der Waals surface area contributed by atoms with Gasteiger partial charge in [-0.1, -0.05) is 29.3 Å². The molecule has 12 nitrogen and oxygen atoms in total. The largest absolute Gasteiger partial charge is 0.619 e. The lowest BCUT2D eigenvalue weighted by molar-refractivity contribution is -0.605. The number of carbonyl (C=O) groups is 2. The fourth-order valence-corrected chi connectivity index (χ4v) is 5.33. The van der Waals surface area contributed by atoms with Crippen molar-refractivity contribution in [2.75, 3.05) is 31.3 Å². The number of carbonyl (C=O) groups excluding carboxylic acids is 2. The normalized spacial score (nSPS) is 13.5. The van der Waals surface area contributed by atoms with Gasteiger partial charge in [-0.05, 0) is 54.7 Å². The van der Waals surface area contributed by atoms with Gasteiger partial charge in [0.2, 0.25) is 10.0 Å². The molecule has 0 saturated heterocycles. The summed E-state index contributed by atoms with van der Waals surface area (Å²) >= 11 is 12.5. The van der Waals surface area contributed by atoms with E-state index in [2.05, 4.69) is 9.46 Å². The van der Waals surface area contributed by atoms with Crippen LogP contribution in [0.1, 0.15) is 40.4 Å². The van der Waals surface area contributed by atoms with Crippen molar-refractivity contribution in [1.82, 2.24) is 0 Å². The van der Waals surface area contributed by atoms with Crippen molar-refractivity contribution in [1.29, 1.82) is 0 Å². The number of alkyl halides is 2. The Kier molecular flexibility index (Phi) is 11.3. The predicted octanol–water partition coefficient (Wildman–Crippen LogP) is 5.08. The molecule has 46 heavy (non-hydrogen) atoms. The number of hydrogen-bond acceptors (Lipinski definition) is 10. The van der Waals surface area contributed by atoms with Crippen molar-refractivity contribution < 1.29 is 55.2 Å². The number of ether oxygens (including phenoxy) is 5. The molecule has 1 atom stereocenters. The number of methoxy groups -OCH3 is 1. The highest BCUT2D eigenvalue weighted by Gasteiger charge is 2.27. The van der Waals surface area contributed by atoms with Crippen molar-refractivity contribution in [2.45, 2.75) is 32.0 Å². The maximum Gasteiger partial charge on any atom is 0.387 e. The number of rotatable bonds is 15. The Morgan fingerprint density at radius 1 is 1.07 bits per heavy atom. The van der Waals surface area contributed by atoms with Crippen LogP contribution in [-0.4, -0.2) is 53.5 Å². The van der Waals surface area contributed by atoms with E-state index in [0.717, 1.165) is 31.5 Å². The van der Waals surface area contributed by atoms with Gasteiger partial charge in [0.25, 0.3) is 0 Å². The van der Waals surface area contributed by atoms with Crippen LogP contribution >= 0.6 is 23.2 Å². The summed E-state index contributed by atoms with van der Waals surface area (Å²) in [5, 5.41) is 11.7. The Morgan fingerprint density at radius 2 is 1.74 bits per heavy atom. The number of hydrogen-bond donors (Lipinski definition) is 1. The Labute approximate surface area is 272 Å². The predicted molar refractivity (Wildman–Crippen MR) is 161 cm³/mol. The van der Waals surface area contributed by atoms with Gasteiger partial charge in [-0.15, -0.1) is 0 Å². The molecule has 0 amide bonds. The third-order valence-electron chi connectivity index (χ3n) is 6.50. The van der Waals surface area contributed by atoms with Gasteiger partial charge in [0, 0.05) is 12.0 Å². The first-order valence-electron chi connectivity index (χ1n) is 13.5. The van der Waals surface area contributed by atoms with Crippen LogP contribution in [0.3, 0.4) is 0 Å². The van der Waals surface area contributed by atoms with E-state index in [1.54, 1.807) is 0 Å². The lowest BCUT2D eigenvalue weighted by atomic mass is 10.0. The number of nitrogens with zero attached hydrogens (tertiary/aromatic N) is 1. The lowest BCUT2D eigenvalue weighted by Crippen LogP contribution is -2.26. The molecule has 0 radical (unpaired) electrons. The fraction of sp³-hybridized carbons (Fsp3) is 0.345. The van der Waals surface area contributed by atoms with Gasteiger partial charge in [0.1, 0.15) is 21.9 Å². The minimum absolute atomic E-state index is 0.0159. The lowest BCUT2D eigenvalue weighted by Gasteiger charge is -2.21. The van der Waals surface area contributed by atoms with Crippen molar-refractivity contribution in [2.24, 2.45) is 5.92 Å². The fourth-order valence-electron chi connectivity index (χ4n) is 4.18. The summed E-state index contributed by atoms with van der Waals surface area (Å²) in [6.07, 6.45) is 3.53. The third kappa shape index (κ3) is 9.96. The minimum Gasteiger partial charge on any atom is -0.619 e. The van der Waals surface area contributed by atoms with E-state index < -0.39 is 41.3 Å². The molecule has 1 aromatic heterocycles. The van der Waals surface area contributed by atoms with Crippen LogP contribution in [0.15, 0.2) is 48.8 Å². The molecule has 1 aliphatic carbocycles. The second-order valence-electron chi connectivity index (χ2n) is 10.2. The van der Waals surface area contributed by atoms with Crippen molar-refractivity contribution in [3.05, 3.63) is 80.7 Å². The maximum absolute atomic E-state index is 13.1. The number of halogens is 4. The summed E-state index contributed by atoms with van der Waals surface area (Å²) in [4.78, 5) is 25.7. The van der Waals surface area contributed by atoms with Crippen LogP contribution in [-0.2, 0) is 30.7 Å². The number of anilines is 1. The van der Waals surface area contributed by atoms with Crippen molar-refractivity contribution in [3.8, 4) is 17.2 Å². The summed E-state index contributed by atoms with van der Waals surface area (Å²) in [5.41, 5.74) is 0.377. The molecule has 1 aliphatic rings. The Hall–Kier alpha value is -4.08. The van der Waals surface area contributed by atoms with Crippen molar-refractivity contribution in [3.63, 3.8) is 0 Å². The molecule has 0 aliphatic heterocycles. The number of sulfonamides is 1. The van der Waals surface area contributed by atoms with Gasteiger partial charge in [0.05, 0.1) is 31.2 Å². The van der Waals surface area contributed by atoms with Crippen LogP contribution in [0, 0.1) is 11.1 Å². The highest BCUT2D eigenvalue weighted by Crippen LogP contribution is 2.38. The van der Waals surface area contributed by atoms with E-state index >= 15 is 0 Å². The number of pyridine rings is 1. The van der Waals surface area contributed by atoms with Crippen LogP contribution in [0.5, 0.6) is 17.2 Å². The molecule has 0 spiro atoms. The molecule has 17 heteroatoms. The van der Waals surface area contributed by atoms with Crippen molar-refractivity contribution >= 4 is 50.9 Å². The van der Waals surface area contributed by atoms with Crippen LogP contribution in [0.2, 0.25) is 10.0 Å². The smallest absolute Gasteiger partial charge is 0.387 e. The summed E-state index contributed by atoms with van der Waals surface area (Å²) < 4.78 is 78.3. The highest BCUT2D eigenvalue weighted by molar-refractivity contribution is 7.92. The van der Waals surface area contributed by atoms with E-state index in [1.807, 2.05) is 0 Å². The zero-order valence-corrected chi connectivity index (χ0v) is 26.7. The SMILES string of the molecule is COc1ccc(C(=O)OCC(=O)O[C@@H](Cc2c(Cl)c[n+]([O-])cc2Cl)c2ccc(OC(F)F)c(OCC3CC3)c2)cc1NS(C)(=O)=O. The average Bonchev–Trinajstić information content (AvgIpc) is 3.80. The number of benzene rings is 2. The first-order valence-corrected chi connectivity index (χ1v) is 16.2. The summed E-state index contributed by atoms with van der Waals surface area (Å²) in [6, 6.07) is 7.78. The second-order valence-corrected chi connectivity index (χ2v) is 12.7. The van der Waals surface area contributed by atoms with E-state index in [1.165, 1.54) is 43.5 Å². The Bertz CT molecular complexity index is 1680. The summed E-state index contributed by atoms with van der Waals surface area (Å²) in [7, 11) is -2.41. The first-order chi connectivity index (χ1) is 21.7. The molecule has 248 valence electrons. The van der Waals surface area contributed by atoms with E-state index in [9.17, 15) is 32.0 Å². The van der Waals surface area contributed by atoms with E-state index in [0.29, 0.717) is 4.73 Å². The molecular weight excluding hydrogens is 677 g/mol. The molecule has 1 saturated carbocycles. The maximum atomic E-state index is 13.1. The van der Waals surface area contributed by atoms with Crippen LogP contribution in [0.25, 0.3) is 0 Å². The molecule has 1 heterocycles. The van der Waals surface area contributed by atoms with Crippen LogP contribution in [0.4, 0.5) is 14.5 Å². The minimum atomic E-state index is -3.72. The molecule has 2 aromatic carbocycles. The zero-order chi connectivity index (χ0) is 33.6. The van der Waals surface area contributed by atoms with Gasteiger partial charge in [-0.2, -0.15) is 13.5 Å². The number of esters is 2. The standard InChI is InChI=1S/C29H28Cl2F2N2O10S/c1-41-23-7-6-18(9-22(23)34-46(2,39)40)28(37)43-15-27(36)44-25(11-19-20(30)12-35(38)13-21(19)31)17-5-8-24(45-29(32)33)26(10-17)42-14-16-3-4-16/h5-10,12-13,16,25,29,34H,3-4,11,14-15H2,1-2H3/t25-/m0/s1. The highest BCUT2D eigenvalue weighted by atomic mass is 35.5. The zero-order valence-electron chi connectivity index (χ0n) is 24.3. The quantitative estimate of drug-likeness (QED) is 0.129. The van der Waals surface area contributed by atoms with Crippen LogP contribution < -0.4 is 23.7 Å². The van der Waals surface area contributed by atoms with E-state index in [4.69, 9.17) is 42.1 Å². The van der Waals surface area contributed by atoms with Gasteiger partial charge >= 0.3 is 18.6 Å². The average molecular weight is 706 g/mol. The summed E-state index contributed by atoms with van der Waals surface area (Å²) in [6.45, 7) is -3.73. The molecular formula is C29H28Cl2F2N2O10S. The van der Waals surface area contributed by atoms with Gasteiger partial charge in [-0.3, -0.25) is 4.72 Å². The third-order valence-corrected chi connectivity index (χ3v) is 7.74. The van der Waals surface area contributed by atoms with Gasteiger partial charge < -0.3 is 28.9 Å². The molecule has 1 fully saturated rings. The topological polar surface area (TPSA) is 153 Å². The second kappa shape index (κ2) is 15.0. The Morgan fingerprint density at radius 3 is 2.35 bits per heavy atom. The number of aromatic nitrogens is 1. The van der Waals surface area contributed by atoms with Gasteiger partial charge in [-0.25, -0.2) is 18.0 Å². The summed E-state index contributed by atoms with van der Waals surface area (Å²) in [5.74, 6) is -1.84. The van der Waals surface area contributed by atoms with E-state index in [-0.39, 0.29) is 68.6 Å². The molecule has 0 bridgehead atoms.